The Morgan fingerprint density at radius 3 is 2.39 bits per heavy atom. The molecule has 2 aromatic carbocycles. The highest BCUT2D eigenvalue weighted by Gasteiger charge is 2.27. The van der Waals surface area contributed by atoms with Gasteiger partial charge in [-0.1, -0.05) is 48.3 Å². The zero-order valence-corrected chi connectivity index (χ0v) is 20.1. The summed E-state index contributed by atoms with van der Waals surface area (Å²) in [5.41, 5.74) is 2.40. The van der Waals surface area contributed by atoms with Crippen molar-refractivity contribution in [2.24, 2.45) is 0 Å². The maximum atomic E-state index is 12.9. The highest BCUT2D eigenvalue weighted by molar-refractivity contribution is 6.34. The lowest BCUT2D eigenvalue weighted by Gasteiger charge is -2.35. The molecule has 0 bridgehead atoms. The van der Waals surface area contributed by atoms with Crippen LogP contribution in [-0.2, 0) is 9.59 Å². The van der Waals surface area contributed by atoms with Gasteiger partial charge in [0.25, 0.3) is 5.91 Å². The summed E-state index contributed by atoms with van der Waals surface area (Å²) in [6.07, 6.45) is -0.191. The Labute approximate surface area is 203 Å². The quantitative estimate of drug-likeness (QED) is 0.474. The van der Waals surface area contributed by atoms with Crippen molar-refractivity contribution in [1.29, 1.82) is 0 Å². The zero-order chi connectivity index (χ0) is 23.5. The average molecular weight is 486 g/mol. The molecule has 0 saturated carbocycles. The average Bonchev–Trinajstić information content (AvgIpc) is 2.82. The van der Waals surface area contributed by atoms with Crippen LogP contribution in [0, 0.1) is 0 Å². The van der Waals surface area contributed by atoms with Crippen molar-refractivity contribution in [1.82, 2.24) is 14.8 Å². The molecule has 1 aromatic heterocycles. The van der Waals surface area contributed by atoms with Crippen molar-refractivity contribution in [2.45, 2.75) is 26.4 Å². The number of amides is 2. The molecule has 172 valence electrons. The van der Waals surface area contributed by atoms with E-state index in [2.05, 4.69) is 4.98 Å². The summed E-state index contributed by atoms with van der Waals surface area (Å²) in [5, 5.41) is 1.86. The number of fused-ring (bicyclic) bond motifs is 1. The number of hydrogen-bond acceptors (Lipinski definition) is 4. The number of pyridine rings is 1. The van der Waals surface area contributed by atoms with E-state index >= 15 is 0 Å². The number of carbonyl (C=O) groups is 2. The second-order valence-corrected chi connectivity index (χ2v) is 8.77. The zero-order valence-electron chi connectivity index (χ0n) is 18.6. The molecule has 1 aliphatic rings. The van der Waals surface area contributed by atoms with Gasteiger partial charge in [-0.25, -0.2) is 4.98 Å². The van der Waals surface area contributed by atoms with Gasteiger partial charge in [0.15, 0.2) is 6.10 Å². The van der Waals surface area contributed by atoms with Gasteiger partial charge in [0.05, 0.1) is 5.52 Å². The molecule has 3 aromatic rings. The minimum Gasteiger partial charge on any atom is -0.481 e. The number of halogens is 2. The van der Waals surface area contributed by atoms with Crippen molar-refractivity contribution in [3.63, 3.8) is 0 Å². The molecule has 1 aliphatic heterocycles. The molecule has 0 radical (unpaired) electrons. The minimum absolute atomic E-state index is 0.102. The van der Waals surface area contributed by atoms with E-state index in [9.17, 15) is 9.59 Å². The summed E-state index contributed by atoms with van der Waals surface area (Å²) in [7, 11) is 0. The van der Waals surface area contributed by atoms with Crippen molar-refractivity contribution in [2.75, 3.05) is 26.2 Å². The first-order valence-corrected chi connectivity index (χ1v) is 11.7. The second-order valence-electron chi connectivity index (χ2n) is 7.97. The SMILES string of the molecule is CCC(=O)N1CCN(C(=O)C(C)Oc2ccc3c(-c4ccccc4Cl)cc(Cl)nc3c2)CC1. The lowest BCUT2D eigenvalue weighted by Crippen LogP contribution is -2.53. The lowest BCUT2D eigenvalue weighted by molar-refractivity contribution is -0.143. The predicted octanol–water partition coefficient (Wildman–Crippen LogP) is 5.06. The number of benzene rings is 2. The van der Waals surface area contributed by atoms with Gasteiger partial charge in [0.1, 0.15) is 10.9 Å². The van der Waals surface area contributed by atoms with Gasteiger partial charge in [-0.2, -0.15) is 0 Å². The van der Waals surface area contributed by atoms with E-state index in [0.29, 0.717) is 54.0 Å². The van der Waals surface area contributed by atoms with Crippen LogP contribution < -0.4 is 4.74 Å². The molecule has 1 saturated heterocycles. The predicted molar refractivity (Wildman–Crippen MR) is 131 cm³/mol. The van der Waals surface area contributed by atoms with Crippen molar-refractivity contribution < 1.29 is 14.3 Å². The fourth-order valence-corrected chi connectivity index (χ4v) is 4.50. The fourth-order valence-electron chi connectivity index (χ4n) is 4.06. The molecular formula is C25H25Cl2N3O3. The first kappa shape index (κ1) is 23.3. The van der Waals surface area contributed by atoms with Gasteiger partial charge >= 0.3 is 0 Å². The van der Waals surface area contributed by atoms with E-state index < -0.39 is 6.10 Å². The molecule has 0 N–H and O–H groups in total. The van der Waals surface area contributed by atoms with Crippen LogP contribution in [0.2, 0.25) is 10.2 Å². The third kappa shape index (κ3) is 5.07. The van der Waals surface area contributed by atoms with Crippen LogP contribution in [0.15, 0.2) is 48.5 Å². The van der Waals surface area contributed by atoms with Crippen LogP contribution >= 0.6 is 23.2 Å². The number of carbonyl (C=O) groups excluding carboxylic acids is 2. The molecule has 1 unspecified atom stereocenters. The van der Waals surface area contributed by atoms with E-state index in [-0.39, 0.29) is 11.8 Å². The summed E-state index contributed by atoms with van der Waals surface area (Å²) in [5.74, 6) is 0.544. The number of ether oxygens (including phenoxy) is 1. The van der Waals surface area contributed by atoms with Crippen molar-refractivity contribution >= 4 is 45.9 Å². The summed E-state index contributed by atoms with van der Waals surface area (Å²) in [6.45, 7) is 5.70. The Kier molecular flexibility index (Phi) is 7.05. The molecule has 4 rings (SSSR count). The third-order valence-corrected chi connectivity index (χ3v) is 6.34. The van der Waals surface area contributed by atoms with E-state index in [1.165, 1.54) is 0 Å². The first-order valence-electron chi connectivity index (χ1n) is 11.0. The Balaban J connectivity index is 1.51. The topological polar surface area (TPSA) is 62.7 Å². The van der Waals surface area contributed by atoms with Crippen LogP contribution in [0.3, 0.4) is 0 Å². The number of aromatic nitrogens is 1. The molecule has 0 spiro atoms. The van der Waals surface area contributed by atoms with Crippen LogP contribution in [0.4, 0.5) is 0 Å². The first-order chi connectivity index (χ1) is 15.9. The van der Waals surface area contributed by atoms with E-state index in [1.807, 2.05) is 43.3 Å². The third-order valence-electron chi connectivity index (χ3n) is 5.82. The summed E-state index contributed by atoms with van der Waals surface area (Å²) < 4.78 is 5.96. The Morgan fingerprint density at radius 1 is 1.00 bits per heavy atom. The van der Waals surface area contributed by atoms with Gasteiger partial charge in [-0.3, -0.25) is 9.59 Å². The second kappa shape index (κ2) is 9.98. The van der Waals surface area contributed by atoms with Gasteiger partial charge in [0.2, 0.25) is 5.91 Å². The van der Waals surface area contributed by atoms with Crippen LogP contribution in [0.5, 0.6) is 5.75 Å². The lowest BCUT2D eigenvalue weighted by atomic mass is 10.0. The Hall–Kier alpha value is -2.83. The largest absolute Gasteiger partial charge is 0.481 e. The molecular weight excluding hydrogens is 461 g/mol. The van der Waals surface area contributed by atoms with Crippen molar-refractivity contribution in [3.05, 3.63) is 58.7 Å². The standard InChI is InChI=1S/C25H25Cl2N3O3/c1-3-24(31)29-10-12-30(13-11-29)25(32)16(2)33-17-8-9-19-20(15-23(27)28-22(19)14-17)18-6-4-5-7-21(18)26/h4-9,14-16H,3,10-13H2,1-2H3. The van der Waals surface area contributed by atoms with Gasteiger partial charge in [-0.15, -0.1) is 0 Å². The molecule has 2 amide bonds. The maximum absolute atomic E-state index is 12.9. The highest BCUT2D eigenvalue weighted by Crippen LogP contribution is 2.35. The normalized spacial score (nSPS) is 14.9. The van der Waals surface area contributed by atoms with Crippen LogP contribution in [-0.4, -0.2) is 58.9 Å². The molecule has 0 aliphatic carbocycles. The summed E-state index contributed by atoms with van der Waals surface area (Å²) in [6, 6.07) is 14.9. The van der Waals surface area contributed by atoms with E-state index in [1.54, 1.807) is 28.9 Å². The number of hydrogen-bond donors (Lipinski definition) is 0. The Morgan fingerprint density at radius 2 is 1.70 bits per heavy atom. The molecule has 33 heavy (non-hydrogen) atoms. The van der Waals surface area contributed by atoms with Crippen LogP contribution in [0.25, 0.3) is 22.0 Å². The maximum Gasteiger partial charge on any atom is 0.263 e. The number of piperazine rings is 1. The van der Waals surface area contributed by atoms with Gasteiger partial charge < -0.3 is 14.5 Å². The molecule has 1 fully saturated rings. The molecule has 8 heteroatoms. The number of nitrogens with zero attached hydrogens (tertiary/aromatic N) is 3. The molecule has 2 heterocycles. The highest BCUT2D eigenvalue weighted by atomic mass is 35.5. The fraction of sp³-hybridized carbons (Fsp3) is 0.320. The van der Waals surface area contributed by atoms with Crippen molar-refractivity contribution in [3.8, 4) is 16.9 Å². The van der Waals surface area contributed by atoms with Crippen LogP contribution in [0.1, 0.15) is 20.3 Å². The smallest absolute Gasteiger partial charge is 0.263 e. The van der Waals surface area contributed by atoms with Gasteiger partial charge in [-0.05, 0) is 36.8 Å². The monoisotopic (exact) mass is 485 g/mol. The minimum atomic E-state index is -0.668. The van der Waals surface area contributed by atoms with Gasteiger partial charge in [0, 0.05) is 54.6 Å². The molecule has 1 atom stereocenters. The summed E-state index contributed by atoms with van der Waals surface area (Å²) in [4.78, 5) is 32.7. The Bertz CT molecular complexity index is 1190. The number of rotatable bonds is 5. The molecule has 6 nitrogen and oxygen atoms in total. The van der Waals surface area contributed by atoms with E-state index in [0.717, 1.165) is 16.5 Å². The summed E-state index contributed by atoms with van der Waals surface area (Å²) >= 11 is 12.7. The van der Waals surface area contributed by atoms with E-state index in [4.69, 9.17) is 27.9 Å².